The normalized spacial score (nSPS) is 12.8. The number of ether oxygens (including phenoxy) is 2. The fraction of sp³-hybridized carbons (Fsp3) is 0.200. The number of halogens is 3. The smallest absolute Gasteiger partial charge is 0.352 e. The lowest BCUT2D eigenvalue weighted by molar-refractivity contribution is 0.290. The van der Waals surface area contributed by atoms with Crippen molar-refractivity contribution in [3.8, 4) is 17.4 Å². The van der Waals surface area contributed by atoms with E-state index in [1.165, 1.54) is 24.3 Å². The van der Waals surface area contributed by atoms with Crippen LogP contribution in [0.15, 0.2) is 47.3 Å². The predicted octanol–water partition coefficient (Wildman–Crippen LogP) is 4.00. The van der Waals surface area contributed by atoms with Crippen molar-refractivity contribution in [1.29, 1.82) is 0 Å². The minimum absolute atomic E-state index is 0.0270. The van der Waals surface area contributed by atoms with Crippen LogP contribution < -0.4 is 20.1 Å². The average molecular weight is 420 g/mol. The molecule has 3 aromatic rings. The van der Waals surface area contributed by atoms with Gasteiger partial charge in [0.05, 0.1) is 5.02 Å². The Morgan fingerprint density at radius 3 is 2.69 bits per heavy atom. The molecule has 2 aromatic carbocycles. The molecular weight excluding hydrogens is 404 g/mol. The Labute approximate surface area is 169 Å². The monoisotopic (exact) mass is 419 g/mol. The van der Waals surface area contributed by atoms with Crippen LogP contribution in [-0.4, -0.2) is 23.1 Å². The minimum atomic E-state index is -0.617. The van der Waals surface area contributed by atoms with E-state index in [2.05, 4.69) is 4.98 Å². The van der Waals surface area contributed by atoms with Crippen LogP contribution in [0.25, 0.3) is 0 Å². The highest BCUT2D eigenvalue weighted by Crippen LogP contribution is 2.29. The molecule has 1 aliphatic rings. The average Bonchev–Trinajstić information content (AvgIpc) is 3.06. The van der Waals surface area contributed by atoms with Crippen LogP contribution >= 0.6 is 11.6 Å². The lowest BCUT2D eigenvalue weighted by Gasteiger charge is -2.13. The highest BCUT2D eigenvalue weighted by atomic mass is 35.5. The van der Waals surface area contributed by atoms with E-state index in [0.29, 0.717) is 12.1 Å². The van der Waals surface area contributed by atoms with E-state index >= 15 is 0 Å². The number of aromatic nitrogens is 2. The molecule has 150 valence electrons. The Hall–Kier alpha value is -3.13. The second kappa shape index (κ2) is 7.71. The quantitative estimate of drug-likeness (QED) is 0.625. The van der Waals surface area contributed by atoms with Gasteiger partial charge in [-0.15, -0.1) is 0 Å². The van der Waals surface area contributed by atoms with E-state index in [1.807, 2.05) is 11.9 Å². The molecular formula is C20H16ClF2N3O3. The van der Waals surface area contributed by atoms with Crippen LogP contribution in [0.4, 0.5) is 14.6 Å². The van der Waals surface area contributed by atoms with Gasteiger partial charge in [0.1, 0.15) is 24.0 Å². The summed E-state index contributed by atoms with van der Waals surface area (Å²) >= 11 is 5.70. The molecule has 0 amide bonds. The van der Waals surface area contributed by atoms with Gasteiger partial charge >= 0.3 is 5.69 Å². The molecule has 1 aliphatic heterocycles. The zero-order valence-corrected chi connectivity index (χ0v) is 16.1. The van der Waals surface area contributed by atoms with Gasteiger partial charge in [0.15, 0.2) is 11.6 Å². The van der Waals surface area contributed by atoms with Crippen LogP contribution in [-0.2, 0) is 13.2 Å². The van der Waals surface area contributed by atoms with E-state index in [0.717, 1.165) is 18.4 Å². The first-order chi connectivity index (χ1) is 13.9. The van der Waals surface area contributed by atoms with Gasteiger partial charge in [0.2, 0.25) is 5.88 Å². The molecule has 0 spiro atoms. The number of anilines is 1. The first-order valence-electron chi connectivity index (χ1n) is 8.78. The lowest BCUT2D eigenvalue weighted by atomic mass is 10.2. The SMILES string of the molecule is CN1CCn2c1cc(OCc1ccc(Oc3ccc(F)c(Cl)c3)c(F)c1)nc2=O. The molecule has 0 bridgehead atoms. The summed E-state index contributed by atoms with van der Waals surface area (Å²) in [7, 11) is 1.88. The van der Waals surface area contributed by atoms with E-state index < -0.39 is 11.6 Å². The summed E-state index contributed by atoms with van der Waals surface area (Å²) < 4.78 is 40.1. The Kier molecular flexibility index (Phi) is 5.10. The number of hydrogen-bond donors (Lipinski definition) is 0. The summed E-state index contributed by atoms with van der Waals surface area (Å²) in [4.78, 5) is 17.9. The second-order valence-electron chi connectivity index (χ2n) is 6.54. The van der Waals surface area contributed by atoms with Crippen molar-refractivity contribution in [3.63, 3.8) is 0 Å². The predicted molar refractivity (Wildman–Crippen MR) is 104 cm³/mol. The molecule has 1 aromatic heterocycles. The van der Waals surface area contributed by atoms with Gasteiger partial charge in [-0.1, -0.05) is 17.7 Å². The molecule has 6 nitrogen and oxygen atoms in total. The van der Waals surface area contributed by atoms with E-state index in [1.54, 1.807) is 16.7 Å². The van der Waals surface area contributed by atoms with Gasteiger partial charge in [0.25, 0.3) is 0 Å². The molecule has 0 saturated heterocycles. The van der Waals surface area contributed by atoms with E-state index in [4.69, 9.17) is 21.1 Å². The Balaban J connectivity index is 1.46. The molecule has 29 heavy (non-hydrogen) atoms. The third-order valence-corrected chi connectivity index (χ3v) is 4.81. The first-order valence-corrected chi connectivity index (χ1v) is 9.15. The maximum Gasteiger partial charge on any atom is 0.352 e. The Morgan fingerprint density at radius 1 is 1.10 bits per heavy atom. The number of nitrogens with zero attached hydrogens (tertiary/aromatic N) is 3. The summed E-state index contributed by atoms with van der Waals surface area (Å²) in [5.41, 5.74) is 0.150. The first kappa shape index (κ1) is 19.2. The summed E-state index contributed by atoms with van der Waals surface area (Å²) in [5, 5.41) is -0.115. The van der Waals surface area contributed by atoms with Crippen molar-refractivity contribution < 1.29 is 18.3 Å². The van der Waals surface area contributed by atoms with Crippen LogP contribution in [0.5, 0.6) is 17.4 Å². The zero-order chi connectivity index (χ0) is 20.5. The molecule has 0 radical (unpaired) electrons. The van der Waals surface area contributed by atoms with Crippen LogP contribution in [0.2, 0.25) is 5.02 Å². The zero-order valence-electron chi connectivity index (χ0n) is 15.4. The minimum Gasteiger partial charge on any atom is -0.473 e. The number of likely N-dealkylation sites (N-methyl/N-ethyl adjacent to an activating group) is 1. The topological polar surface area (TPSA) is 56.6 Å². The van der Waals surface area contributed by atoms with Crippen molar-refractivity contribution >= 4 is 17.4 Å². The highest BCUT2D eigenvalue weighted by molar-refractivity contribution is 6.30. The number of hydrogen-bond acceptors (Lipinski definition) is 5. The number of fused-ring (bicyclic) bond motifs is 1. The third-order valence-electron chi connectivity index (χ3n) is 4.52. The van der Waals surface area contributed by atoms with Gasteiger partial charge in [-0.3, -0.25) is 4.57 Å². The van der Waals surface area contributed by atoms with Gasteiger partial charge < -0.3 is 14.4 Å². The fourth-order valence-corrected chi connectivity index (χ4v) is 3.15. The maximum atomic E-state index is 14.4. The molecule has 0 saturated carbocycles. The molecule has 4 rings (SSSR count). The molecule has 0 aliphatic carbocycles. The highest BCUT2D eigenvalue weighted by Gasteiger charge is 2.19. The van der Waals surface area contributed by atoms with Gasteiger partial charge in [-0.25, -0.2) is 13.6 Å². The summed E-state index contributed by atoms with van der Waals surface area (Å²) in [5.74, 6) is -0.117. The fourth-order valence-electron chi connectivity index (χ4n) is 2.98. The summed E-state index contributed by atoms with van der Waals surface area (Å²) in [6.45, 7) is 1.34. The molecule has 0 unspecified atom stereocenters. The molecule has 0 atom stereocenters. The Bertz CT molecular complexity index is 1140. The maximum absolute atomic E-state index is 14.4. The van der Waals surface area contributed by atoms with Crippen molar-refractivity contribution in [2.45, 2.75) is 13.2 Å². The lowest BCUT2D eigenvalue weighted by Crippen LogP contribution is -2.22. The van der Waals surface area contributed by atoms with Crippen molar-refractivity contribution in [1.82, 2.24) is 9.55 Å². The number of benzene rings is 2. The third kappa shape index (κ3) is 4.02. The van der Waals surface area contributed by atoms with Crippen molar-refractivity contribution in [3.05, 3.63) is 75.2 Å². The standard InChI is InChI=1S/C20H16ClF2N3O3/c1-25-6-7-26-19(25)10-18(24-20(26)27)28-11-12-2-5-17(16(23)8-12)29-13-3-4-15(22)14(21)9-13/h2-5,8-10H,6-7,11H2,1H3. The van der Waals surface area contributed by atoms with Crippen LogP contribution in [0.1, 0.15) is 5.56 Å². The number of rotatable bonds is 5. The molecule has 2 heterocycles. The van der Waals surface area contributed by atoms with Gasteiger partial charge in [0, 0.05) is 32.3 Å². The van der Waals surface area contributed by atoms with Gasteiger partial charge in [-0.05, 0) is 29.8 Å². The Morgan fingerprint density at radius 2 is 1.93 bits per heavy atom. The molecule has 0 N–H and O–H groups in total. The molecule has 0 fully saturated rings. The van der Waals surface area contributed by atoms with Crippen molar-refractivity contribution in [2.24, 2.45) is 0 Å². The van der Waals surface area contributed by atoms with Crippen LogP contribution in [0.3, 0.4) is 0 Å². The van der Waals surface area contributed by atoms with Crippen LogP contribution in [0, 0.1) is 11.6 Å². The summed E-state index contributed by atoms with van der Waals surface area (Å²) in [6, 6.07) is 9.75. The largest absolute Gasteiger partial charge is 0.473 e. The van der Waals surface area contributed by atoms with E-state index in [-0.39, 0.29) is 34.7 Å². The van der Waals surface area contributed by atoms with Gasteiger partial charge in [-0.2, -0.15) is 4.98 Å². The second-order valence-corrected chi connectivity index (χ2v) is 6.95. The molecule has 9 heteroatoms. The van der Waals surface area contributed by atoms with Crippen molar-refractivity contribution in [2.75, 3.05) is 18.5 Å². The summed E-state index contributed by atoms with van der Waals surface area (Å²) in [6.07, 6.45) is 0. The van der Waals surface area contributed by atoms with E-state index in [9.17, 15) is 13.6 Å².